The molecule has 0 atom stereocenters. The SMILES string of the molecule is O=C(Nc1nc(CN2CCOCC2)cs1)c1cc(Cl)ccc1F. The van der Waals surface area contributed by atoms with E-state index in [1.165, 1.54) is 29.5 Å². The van der Waals surface area contributed by atoms with Crippen molar-refractivity contribution in [3.63, 3.8) is 0 Å². The molecule has 1 fully saturated rings. The van der Waals surface area contributed by atoms with Crippen molar-refractivity contribution in [1.82, 2.24) is 9.88 Å². The van der Waals surface area contributed by atoms with Crippen molar-refractivity contribution < 1.29 is 13.9 Å². The smallest absolute Gasteiger partial charge is 0.260 e. The van der Waals surface area contributed by atoms with Crippen molar-refractivity contribution >= 4 is 34.0 Å². The van der Waals surface area contributed by atoms with Gasteiger partial charge in [0.2, 0.25) is 0 Å². The molecule has 1 aromatic heterocycles. The first-order valence-electron chi connectivity index (χ1n) is 7.13. The summed E-state index contributed by atoms with van der Waals surface area (Å²) in [4.78, 5) is 18.7. The summed E-state index contributed by atoms with van der Waals surface area (Å²) in [6.07, 6.45) is 0. The number of amides is 1. The number of nitrogens with zero attached hydrogens (tertiary/aromatic N) is 2. The summed E-state index contributed by atoms with van der Waals surface area (Å²) >= 11 is 7.12. The minimum atomic E-state index is -0.614. The summed E-state index contributed by atoms with van der Waals surface area (Å²) in [5, 5.41) is 5.25. The molecule has 0 radical (unpaired) electrons. The molecular weight excluding hydrogens is 341 g/mol. The average Bonchev–Trinajstić information content (AvgIpc) is 2.97. The van der Waals surface area contributed by atoms with Gasteiger partial charge < -0.3 is 4.74 Å². The molecule has 2 heterocycles. The molecule has 0 unspecified atom stereocenters. The van der Waals surface area contributed by atoms with Gasteiger partial charge in [0.05, 0.1) is 24.5 Å². The summed E-state index contributed by atoms with van der Waals surface area (Å²) in [7, 11) is 0. The summed E-state index contributed by atoms with van der Waals surface area (Å²) in [6, 6.07) is 3.87. The van der Waals surface area contributed by atoms with Crippen LogP contribution in [0.2, 0.25) is 5.02 Å². The van der Waals surface area contributed by atoms with Gasteiger partial charge in [0.15, 0.2) is 5.13 Å². The van der Waals surface area contributed by atoms with Crippen molar-refractivity contribution in [2.24, 2.45) is 0 Å². The highest BCUT2D eigenvalue weighted by Crippen LogP contribution is 2.20. The zero-order valence-electron chi connectivity index (χ0n) is 12.2. The number of halogens is 2. The van der Waals surface area contributed by atoms with Crippen LogP contribution in [0.3, 0.4) is 0 Å². The van der Waals surface area contributed by atoms with E-state index in [0.29, 0.717) is 16.7 Å². The Kier molecular flexibility index (Phi) is 5.22. The van der Waals surface area contributed by atoms with Gasteiger partial charge in [-0.2, -0.15) is 0 Å². The van der Waals surface area contributed by atoms with Crippen LogP contribution in [0, 0.1) is 5.82 Å². The number of hydrogen-bond acceptors (Lipinski definition) is 5. The molecule has 122 valence electrons. The number of hydrogen-bond donors (Lipinski definition) is 1. The highest BCUT2D eigenvalue weighted by Gasteiger charge is 2.16. The molecule has 3 rings (SSSR count). The minimum Gasteiger partial charge on any atom is -0.379 e. The maximum Gasteiger partial charge on any atom is 0.260 e. The van der Waals surface area contributed by atoms with Crippen LogP contribution in [0.15, 0.2) is 23.6 Å². The third kappa shape index (κ3) is 4.26. The molecule has 5 nitrogen and oxygen atoms in total. The number of thiazole rings is 1. The third-order valence-electron chi connectivity index (χ3n) is 3.43. The van der Waals surface area contributed by atoms with Crippen LogP contribution >= 0.6 is 22.9 Å². The van der Waals surface area contributed by atoms with E-state index >= 15 is 0 Å². The van der Waals surface area contributed by atoms with Crippen LogP contribution in [-0.4, -0.2) is 42.1 Å². The number of rotatable bonds is 4. The average molecular weight is 356 g/mol. The van der Waals surface area contributed by atoms with Crippen molar-refractivity contribution in [2.45, 2.75) is 6.54 Å². The maximum atomic E-state index is 13.7. The Labute approximate surface area is 142 Å². The first-order chi connectivity index (χ1) is 11.1. The number of morpholine rings is 1. The van der Waals surface area contributed by atoms with Gasteiger partial charge in [-0.1, -0.05) is 11.6 Å². The van der Waals surface area contributed by atoms with Gasteiger partial charge in [-0.05, 0) is 18.2 Å². The van der Waals surface area contributed by atoms with Crippen LogP contribution in [-0.2, 0) is 11.3 Å². The van der Waals surface area contributed by atoms with E-state index in [9.17, 15) is 9.18 Å². The number of anilines is 1. The Balaban J connectivity index is 1.64. The summed E-state index contributed by atoms with van der Waals surface area (Å²) in [6.45, 7) is 3.89. The van der Waals surface area contributed by atoms with Gasteiger partial charge in [0, 0.05) is 30.0 Å². The Morgan fingerprint density at radius 1 is 1.43 bits per heavy atom. The Bertz CT molecular complexity index is 704. The quantitative estimate of drug-likeness (QED) is 0.916. The van der Waals surface area contributed by atoms with Gasteiger partial charge >= 0.3 is 0 Å². The van der Waals surface area contributed by atoms with E-state index in [4.69, 9.17) is 16.3 Å². The number of benzene rings is 1. The van der Waals surface area contributed by atoms with Crippen LogP contribution in [0.4, 0.5) is 9.52 Å². The molecule has 0 bridgehead atoms. The highest BCUT2D eigenvalue weighted by molar-refractivity contribution is 7.13. The Morgan fingerprint density at radius 2 is 2.22 bits per heavy atom. The molecule has 0 aliphatic carbocycles. The first-order valence-corrected chi connectivity index (χ1v) is 8.38. The lowest BCUT2D eigenvalue weighted by Gasteiger charge is -2.25. The maximum absolute atomic E-state index is 13.7. The van der Waals surface area contributed by atoms with E-state index in [1.54, 1.807) is 0 Å². The van der Waals surface area contributed by atoms with Gasteiger partial charge in [-0.25, -0.2) is 9.37 Å². The fourth-order valence-electron chi connectivity index (χ4n) is 2.26. The molecule has 0 saturated carbocycles. The van der Waals surface area contributed by atoms with Crippen molar-refractivity contribution in [1.29, 1.82) is 0 Å². The van der Waals surface area contributed by atoms with Crippen LogP contribution in [0.5, 0.6) is 0 Å². The monoisotopic (exact) mass is 355 g/mol. The second-order valence-corrected chi connectivity index (χ2v) is 6.41. The van der Waals surface area contributed by atoms with Crippen LogP contribution < -0.4 is 5.32 Å². The van der Waals surface area contributed by atoms with Crippen molar-refractivity contribution in [3.8, 4) is 0 Å². The molecule has 1 aromatic carbocycles. The molecule has 2 aromatic rings. The predicted octanol–water partition coefficient (Wildman–Crippen LogP) is 3.02. The normalized spacial score (nSPS) is 15.6. The molecule has 1 N–H and O–H groups in total. The number of carbonyl (C=O) groups is 1. The van der Waals surface area contributed by atoms with E-state index in [-0.39, 0.29) is 5.56 Å². The summed E-state index contributed by atoms with van der Waals surface area (Å²) < 4.78 is 19.0. The van der Waals surface area contributed by atoms with E-state index in [1.807, 2.05) is 5.38 Å². The predicted molar refractivity (Wildman–Crippen MR) is 87.6 cm³/mol. The van der Waals surface area contributed by atoms with Gasteiger partial charge in [0.1, 0.15) is 5.82 Å². The van der Waals surface area contributed by atoms with E-state index in [0.717, 1.165) is 32.0 Å². The Hall–Kier alpha value is -1.54. The second kappa shape index (κ2) is 7.35. The number of ether oxygens (including phenoxy) is 1. The van der Waals surface area contributed by atoms with Gasteiger partial charge in [0.25, 0.3) is 5.91 Å². The number of carbonyl (C=O) groups excluding carboxylic acids is 1. The van der Waals surface area contributed by atoms with Crippen LogP contribution in [0.25, 0.3) is 0 Å². The second-order valence-electron chi connectivity index (χ2n) is 5.11. The van der Waals surface area contributed by atoms with Crippen LogP contribution in [0.1, 0.15) is 16.1 Å². The van der Waals surface area contributed by atoms with Crippen molar-refractivity contribution in [2.75, 3.05) is 31.6 Å². The van der Waals surface area contributed by atoms with E-state index in [2.05, 4.69) is 15.2 Å². The lowest BCUT2D eigenvalue weighted by Crippen LogP contribution is -2.35. The van der Waals surface area contributed by atoms with Gasteiger partial charge in [-0.15, -0.1) is 11.3 Å². The van der Waals surface area contributed by atoms with Crippen molar-refractivity contribution in [3.05, 3.63) is 45.7 Å². The zero-order chi connectivity index (χ0) is 16.2. The summed E-state index contributed by atoms with van der Waals surface area (Å²) in [5.41, 5.74) is 0.779. The first kappa shape index (κ1) is 16.3. The lowest BCUT2D eigenvalue weighted by molar-refractivity contribution is 0.0337. The Morgan fingerprint density at radius 3 is 3.00 bits per heavy atom. The van der Waals surface area contributed by atoms with E-state index < -0.39 is 11.7 Å². The fraction of sp³-hybridized carbons (Fsp3) is 0.333. The fourth-order valence-corrected chi connectivity index (χ4v) is 3.13. The standard InChI is InChI=1S/C15H15ClFN3O2S/c16-10-1-2-13(17)12(7-10)14(21)19-15-18-11(9-23-15)8-20-3-5-22-6-4-20/h1-2,7,9H,3-6,8H2,(H,18,19,21). The molecule has 1 aliphatic rings. The zero-order valence-corrected chi connectivity index (χ0v) is 13.8. The largest absolute Gasteiger partial charge is 0.379 e. The minimum absolute atomic E-state index is 0.0950. The lowest BCUT2D eigenvalue weighted by atomic mass is 10.2. The molecule has 0 spiro atoms. The topological polar surface area (TPSA) is 54.5 Å². The molecule has 1 saturated heterocycles. The molecule has 1 aliphatic heterocycles. The number of nitrogens with one attached hydrogen (secondary N) is 1. The number of aromatic nitrogens is 1. The van der Waals surface area contributed by atoms with Gasteiger partial charge in [-0.3, -0.25) is 15.0 Å². The molecule has 1 amide bonds. The molecule has 8 heteroatoms. The molecule has 23 heavy (non-hydrogen) atoms. The third-order valence-corrected chi connectivity index (χ3v) is 4.48. The summed E-state index contributed by atoms with van der Waals surface area (Å²) in [5.74, 6) is -1.17. The molecular formula is C15H15ClFN3O2S. The highest BCUT2D eigenvalue weighted by atomic mass is 35.5.